The molecule has 0 bridgehead atoms. The molecule has 0 unspecified atom stereocenters. The van der Waals surface area contributed by atoms with Crippen LogP contribution >= 0.6 is 27.3 Å². The number of halogens is 2. The molecule has 21 heavy (non-hydrogen) atoms. The standard InChI is InChI=1S/C15H10BrFN2OS/c1-19-12-4-2-3-5-13(12)21-15(19)18-14(20)10-7-6-9(16)8-11(10)17/h2-8H,1H3. The molecule has 1 amide bonds. The summed E-state index contributed by atoms with van der Waals surface area (Å²) >= 11 is 4.56. The minimum Gasteiger partial charge on any atom is -0.319 e. The van der Waals surface area contributed by atoms with Crippen molar-refractivity contribution in [3.05, 3.63) is 63.1 Å². The predicted molar refractivity (Wildman–Crippen MR) is 84.8 cm³/mol. The Labute approximate surface area is 132 Å². The van der Waals surface area contributed by atoms with Gasteiger partial charge in [0.05, 0.1) is 15.8 Å². The summed E-state index contributed by atoms with van der Waals surface area (Å²) in [6, 6.07) is 12.1. The molecule has 3 rings (SSSR count). The molecular weight excluding hydrogens is 355 g/mol. The van der Waals surface area contributed by atoms with E-state index in [-0.39, 0.29) is 5.56 Å². The molecule has 0 saturated carbocycles. The summed E-state index contributed by atoms with van der Waals surface area (Å²) in [4.78, 5) is 16.7. The average molecular weight is 365 g/mol. The van der Waals surface area contributed by atoms with Gasteiger partial charge in [0, 0.05) is 11.5 Å². The first kappa shape index (κ1) is 14.2. The Morgan fingerprint density at radius 2 is 2.05 bits per heavy atom. The average Bonchev–Trinajstić information content (AvgIpc) is 2.76. The van der Waals surface area contributed by atoms with Gasteiger partial charge in [-0.2, -0.15) is 4.99 Å². The molecule has 0 aliphatic carbocycles. The first-order valence-corrected chi connectivity index (χ1v) is 7.76. The second-order valence-electron chi connectivity index (χ2n) is 4.45. The molecule has 0 spiro atoms. The van der Waals surface area contributed by atoms with E-state index < -0.39 is 11.7 Å². The number of carbonyl (C=O) groups excluding carboxylic acids is 1. The van der Waals surface area contributed by atoms with Gasteiger partial charge in [-0.3, -0.25) is 4.79 Å². The monoisotopic (exact) mass is 364 g/mol. The largest absolute Gasteiger partial charge is 0.319 e. The number of thiazole rings is 1. The van der Waals surface area contributed by atoms with Gasteiger partial charge in [0.2, 0.25) is 0 Å². The molecule has 1 aromatic heterocycles. The quantitative estimate of drug-likeness (QED) is 0.645. The van der Waals surface area contributed by atoms with Crippen molar-refractivity contribution in [1.82, 2.24) is 4.57 Å². The lowest BCUT2D eigenvalue weighted by atomic mass is 10.2. The molecule has 0 aliphatic heterocycles. The van der Waals surface area contributed by atoms with E-state index in [2.05, 4.69) is 20.9 Å². The Kier molecular flexibility index (Phi) is 3.73. The van der Waals surface area contributed by atoms with Crippen LogP contribution in [0.1, 0.15) is 10.4 Å². The minimum atomic E-state index is -0.582. The highest BCUT2D eigenvalue weighted by Gasteiger charge is 2.12. The molecule has 0 atom stereocenters. The Balaban J connectivity index is 2.11. The molecule has 0 fully saturated rings. The first-order chi connectivity index (χ1) is 10.1. The van der Waals surface area contributed by atoms with E-state index in [1.54, 1.807) is 6.07 Å². The van der Waals surface area contributed by atoms with Crippen LogP contribution in [0.3, 0.4) is 0 Å². The van der Waals surface area contributed by atoms with Crippen molar-refractivity contribution in [3.8, 4) is 0 Å². The fourth-order valence-corrected chi connectivity index (χ4v) is 3.35. The summed E-state index contributed by atoms with van der Waals surface area (Å²) in [5.74, 6) is -1.16. The number of aryl methyl sites for hydroxylation is 1. The number of nitrogens with zero attached hydrogens (tertiary/aromatic N) is 2. The van der Waals surface area contributed by atoms with Gasteiger partial charge in [-0.05, 0) is 30.3 Å². The zero-order valence-corrected chi connectivity index (χ0v) is 13.4. The molecule has 0 N–H and O–H groups in total. The smallest absolute Gasteiger partial charge is 0.282 e. The summed E-state index contributed by atoms with van der Waals surface area (Å²) in [5, 5.41) is 0. The molecule has 106 valence electrons. The molecular formula is C15H10BrFN2OS. The van der Waals surface area contributed by atoms with Crippen LogP contribution in [0.4, 0.5) is 4.39 Å². The lowest BCUT2D eigenvalue weighted by Crippen LogP contribution is -2.13. The van der Waals surface area contributed by atoms with E-state index in [0.717, 1.165) is 10.2 Å². The van der Waals surface area contributed by atoms with Crippen LogP contribution < -0.4 is 4.80 Å². The van der Waals surface area contributed by atoms with Crippen LogP contribution in [-0.2, 0) is 7.05 Å². The van der Waals surface area contributed by atoms with Gasteiger partial charge in [0.15, 0.2) is 4.80 Å². The van der Waals surface area contributed by atoms with Crippen LogP contribution in [0.5, 0.6) is 0 Å². The van der Waals surface area contributed by atoms with Crippen molar-refractivity contribution in [2.24, 2.45) is 12.0 Å². The van der Waals surface area contributed by atoms with E-state index in [0.29, 0.717) is 9.27 Å². The summed E-state index contributed by atoms with van der Waals surface area (Å²) in [7, 11) is 1.84. The maximum absolute atomic E-state index is 13.8. The van der Waals surface area contributed by atoms with Gasteiger partial charge >= 0.3 is 0 Å². The number of hydrogen-bond acceptors (Lipinski definition) is 2. The fraction of sp³-hybridized carbons (Fsp3) is 0.0667. The van der Waals surface area contributed by atoms with Crippen molar-refractivity contribution < 1.29 is 9.18 Å². The van der Waals surface area contributed by atoms with Gasteiger partial charge in [0.1, 0.15) is 5.82 Å². The Morgan fingerprint density at radius 3 is 2.76 bits per heavy atom. The van der Waals surface area contributed by atoms with Crippen molar-refractivity contribution in [2.75, 3.05) is 0 Å². The molecule has 3 nitrogen and oxygen atoms in total. The molecule has 2 aromatic carbocycles. The molecule has 6 heteroatoms. The number of rotatable bonds is 1. The van der Waals surface area contributed by atoms with Crippen LogP contribution in [0.15, 0.2) is 51.9 Å². The normalized spacial score (nSPS) is 12.0. The van der Waals surface area contributed by atoms with Crippen molar-refractivity contribution in [2.45, 2.75) is 0 Å². The second-order valence-corrected chi connectivity index (χ2v) is 6.38. The zero-order chi connectivity index (χ0) is 15.0. The number of carbonyl (C=O) groups is 1. The molecule has 3 aromatic rings. The minimum absolute atomic E-state index is 0.0318. The molecule has 0 aliphatic rings. The first-order valence-electron chi connectivity index (χ1n) is 6.15. The van der Waals surface area contributed by atoms with E-state index in [4.69, 9.17) is 0 Å². The number of benzene rings is 2. The highest BCUT2D eigenvalue weighted by Crippen LogP contribution is 2.17. The van der Waals surface area contributed by atoms with Crippen molar-refractivity contribution in [3.63, 3.8) is 0 Å². The fourth-order valence-electron chi connectivity index (χ4n) is 2.00. The summed E-state index contributed by atoms with van der Waals surface area (Å²) in [6.45, 7) is 0. The Bertz CT molecular complexity index is 913. The Hall–Kier alpha value is -1.79. The van der Waals surface area contributed by atoms with Gasteiger partial charge in [0.25, 0.3) is 5.91 Å². The van der Waals surface area contributed by atoms with Crippen LogP contribution in [0.25, 0.3) is 10.2 Å². The van der Waals surface area contributed by atoms with Gasteiger partial charge in [-0.15, -0.1) is 0 Å². The SMILES string of the molecule is Cn1c(=NC(=O)c2ccc(Br)cc2F)sc2ccccc21. The van der Waals surface area contributed by atoms with Crippen LogP contribution in [0, 0.1) is 5.82 Å². The van der Waals surface area contributed by atoms with Gasteiger partial charge in [-0.1, -0.05) is 39.4 Å². The second kappa shape index (κ2) is 5.54. The van der Waals surface area contributed by atoms with Gasteiger partial charge in [-0.25, -0.2) is 4.39 Å². The van der Waals surface area contributed by atoms with Crippen LogP contribution in [-0.4, -0.2) is 10.5 Å². The molecule has 1 heterocycles. The van der Waals surface area contributed by atoms with E-state index in [9.17, 15) is 9.18 Å². The van der Waals surface area contributed by atoms with Crippen LogP contribution in [0.2, 0.25) is 0 Å². The number of aromatic nitrogens is 1. The van der Waals surface area contributed by atoms with Crippen molar-refractivity contribution in [1.29, 1.82) is 0 Å². The Morgan fingerprint density at radius 1 is 1.29 bits per heavy atom. The number of amides is 1. The lowest BCUT2D eigenvalue weighted by molar-refractivity contribution is 0.0994. The lowest BCUT2D eigenvalue weighted by Gasteiger charge is -1.98. The maximum atomic E-state index is 13.8. The summed E-state index contributed by atoms with van der Waals surface area (Å²) in [6.07, 6.45) is 0. The number of fused-ring (bicyclic) bond motifs is 1. The highest BCUT2D eigenvalue weighted by molar-refractivity contribution is 9.10. The summed E-state index contributed by atoms with van der Waals surface area (Å²) in [5.41, 5.74) is 0.959. The van der Waals surface area contributed by atoms with E-state index in [1.165, 1.54) is 23.5 Å². The number of hydrogen-bond donors (Lipinski definition) is 0. The third-order valence-electron chi connectivity index (χ3n) is 3.07. The highest BCUT2D eigenvalue weighted by atomic mass is 79.9. The predicted octanol–water partition coefficient (Wildman–Crippen LogP) is 3.88. The van der Waals surface area contributed by atoms with E-state index in [1.807, 2.05) is 35.9 Å². The zero-order valence-electron chi connectivity index (χ0n) is 11.0. The van der Waals surface area contributed by atoms with Crippen molar-refractivity contribution >= 4 is 43.4 Å². The maximum Gasteiger partial charge on any atom is 0.282 e. The van der Waals surface area contributed by atoms with E-state index >= 15 is 0 Å². The topological polar surface area (TPSA) is 34.4 Å². The third-order valence-corrected chi connectivity index (χ3v) is 4.68. The van der Waals surface area contributed by atoms with Gasteiger partial charge < -0.3 is 4.57 Å². The third kappa shape index (κ3) is 2.69. The molecule has 0 saturated heterocycles. The summed E-state index contributed by atoms with van der Waals surface area (Å²) < 4.78 is 17.2. The number of para-hydroxylation sites is 1. The molecule has 0 radical (unpaired) electrons.